The number of hydrogen-bond acceptors (Lipinski definition) is 2. The van der Waals surface area contributed by atoms with Crippen LogP contribution in [0.1, 0.15) is 42.8 Å². The third-order valence-electron chi connectivity index (χ3n) is 3.92. The molecule has 0 spiro atoms. The molecular weight excluding hydrogens is 314 g/mol. The summed E-state index contributed by atoms with van der Waals surface area (Å²) in [6.07, 6.45) is 6.80. The Morgan fingerprint density at radius 2 is 2.05 bits per heavy atom. The van der Waals surface area contributed by atoms with Gasteiger partial charge >= 0.3 is 0 Å². The van der Waals surface area contributed by atoms with Gasteiger partial charge in [-0.25, -0.2) is 4.98 Å². The number of nitrogens with two attached hydrogens (primary N) is 1. The van der Waals surface area contributed by atoms with E-state index in [4.69, 9.17) is 10.7 Å². The number of aryl methyl sites for hydroxylation is 1. The molecular formula is C16H20BrN3. The highest BCUT2D eigenvalue weighted by molar-refractivity contribution is 9.10. The molecule has 3 N–H and O–H groups in total. The van der Waals surface area contributed by atoms with E-state index in [2.05, 4.69) is 39.1 Å². The van der Waals surface area contributed by atoms with Crippen molar-refractivity contribution in [1.82, 2.24) is 9.97 Å². The van der Waals surface area contributed by atoms with E-state index in [9.17, 15) is 0 Å². The predicted octanol–water partition coefficient (Wildman–Crippen LogP) is 3.81. The Morgan fingerprint density at radius 1 is 1.20 bits per heavy atom. The molecule has 1 heterocycles. The quantitative estimate of drug-likeness (QED) is 0.674. The van der Waals surface area contributed by atoms with Crippen LogP contribution >= 0.6 is 15.9 Å². The van der Waals surface area contributed by atoms with Crippen molar-refractivity contribution < 1.29 is 0 Å². The maximum Gasteiger partial charge on any atom is 0.107 e. The first-order valence-corrected chi connectivity index (χ1v) is 8.14. The fourth-order valence-corrected chi connectivity index (χ4v) is 3.37. The van der Waals surface area contributed by atoms with Gasteiger partial charge in [0.1, 0.15) is 5.82 Å². The molecule has 0 saturated heterocycles. The zero-order chi connectivity index (χ0) is 13.9. The summed E-state index contributed by atoms with van der Waals surface area (Å²) in [7, 11) is 0. The summed E-state index contributed by atoms with van der Waals surface area (Å²) in [5.41, 5.74) is 10.6. The smallest absolute Gasteiger partial charge is 0.107 e. The minimum absolute atomic E-state index is 0.806. The highest BCUT2D eigenvalue weighted by Crippen LogP contribution is 2.38. The summed E-state index contributed by atoms with van der Waals surface area (Å²) in [5, 5.41) is 0. The number of nitrogens with zero attached hydrogens (tertiary/aromatic N) is 1. The third-order valence-corrected chi connectivity index (χ3v) is 4.67. The van der Waals surface area contributed by atoms with E-state index in [1.165, 1.54) is 40.6 Å². The fourth-order valence-electron chi connectivity index (χ4n) is 2.86. The van der Waals surface area contributed by atoms with E-state index in [-0.39, 0.29) is 0 Å². The van der Waals surface area contributed by atoms with Gasteiger partial charge in [0, 0.05) is 28.6 Å². The molecule has 0 atom stereocenters. The zero-order valence-corrected chi connectivity index (χ0v) is 13.2. The van der Waals surface area contributed by atoms with Crippen LogP contribution < -0.4 is 5.73 Å². The molecule has 2 aromatic rings. The average Bonchev–Trinajstić information content (AvgIpc) is 2.97. The van der Waals surface area contributed by atoms with Crippen LogP contribution in [-0.2, 0) is 12.8 Å². The van der Waals surface area contributed by atoms with Crippen LogP contribution in [0, 0.1) is 0 Å². The maximum absolute atomic E-state index is 5.51. The van der Waals surface area contributed by atoms with Gasteiger partial charge in [-0.1, -0.05) is 40.9 Å². The van der Waals surface area contributed by atoms with E-state index in [1.807, 2.05) is 0 Å². The van der Waals surface area contributed by atoms with Gasteiger partial charge in [-0.15, -0.1) is 0 Å². The largest absolute Gasteiger partial charge is 0.345 e. The van der Waals surface area contributed by atoms with E-state index in [1.54, 1.807) is 0 Å². The second-order valence-corrected chi connectivity index (χ2v) is 6.26. The number of hydrogen-bond donors (Lipinski definition) is 2. The Labute approximate surface area is 128 Å². The zero-order valence-electron chi connectivity index (χ0n) is 11.6. The monoisotopic (exact) mass is 333 g/mol. The number of H-pyrrole nitrogens is 1. The molecule has 0 amide bonds. The molecule has 0 bridgehead atoms. The van der Waals surface area contributed by atoms with Gasteiger partial charge in [0.05, 0.1) is 5.69 Å². The minimum atomic E-state index is 0.806. The Bertz CT molecular complexity index is 604. The van der Waals surface area contributed by atoms with Crippen molar-refractivity contribution in [3.8, 4) is 11.3 Å². The number of benzene rings is 1. The van der Waals surface area contributed by atoms with E-state index in [0.717, 1.165) is 37.3 Å². The molecule has 0 fully saturated rings. The maximum atomic E-state index is 5.51. The Morgan fingerprint density at radius 3 is 2.90 bits per heavy atom. The molecule has 1 aromatic heterocycles. The lowest BCUT2D eigenvalue weighted by atomic mass is 10.1. The molecule has 4 heteroatoms. The topological polar surface area (TPSA) is 54.7 Å². The van der Waals surface area contributed by atoms with Gasteiger partial charge in [-0.3, -0.25) is 0 Å². The highest BCUT2D eigenvalue weighted by Gasteiger charge is 2.24. The number of nitrogens with one attached hydrogen (secondary N) is 1. The van der Waals surface area contributed by atoms with Crippen LogP contribution in [0.2, 0.25) is 0 Å². The molecule has 1 aliphatic carbocycles. The standard InChI is InChI=1S/C16H20BrN3/c17-13-7-5-6-11-12(13)10-14-16(11)20-15(19-14)8-3-1-2-4-9-18/h5-7H,1-4,8-10,18H2,(H,19,20). The van der Waals surface area contributed by atoms with Crippen molar-refractivity contribution in [1.29, 1.82) is 0 Å². The van der Waals surface area contributed by atoms with Gasteiger partial charge in [0.15, 0.2) is 0 Å². The average molecular weight is 334 g/mol. The predicted molar refractivity (Wildman–Crippen MR) is 85.8 cm³/mol. The number of rotatable bonds is 6. The van der Waals surface area contributed by atoms with Gasteiger partial charge < -0.3 is 10.7 Å². The number of imidazole rings is 1. The van der Waals surface area contributed by atoms with Crippen LogP contribution in [0.5, 0.6) is 0 Å². The van der Waals surface area contributed by atoms with Crippen LogP contribution in [0.4, 0.5) is 0 Å². The van der Waals surface area contributed by atoms with Crippen LogP contribution in [-0.4, -0.2) is 16.5 Å². The SMILES string of the molecule is NCCCCCCc1nc2c([nH]1)Cc1c(Br)cccc1-2. The van der Waals surface area contributed by atoms with Crippen molar-refractivity contribution in [2.75, 3.05) is 6.54 Å². The molecule has 1 aliphatic rings. The first-order valence-electron chi connectivity index (χ1n) is 7.35. The van der Waals surface area contributed by atoms with E-state index >= 15 is 0 Å². The van der Waals surface area contributed by atoms with Crippen molar-refractivity contribution in [3.63, 3.8) is 0 Å². The van der Waals surface area contributed by atoms with Crippen molar-refractivity contribution in [2.24, 2.45) is 5.73 Å². The van der Waals surface area contributed by atoms with Crippen LogP contribution in [0.25, 0.3) is 11.3 Å². The summed E-state index contributed by atoms with van der Waals surface area (Å²) < 4.78 is 1.18. The van der Waals surface area contributed by atoms with E-state index < -0.39 is 0 Å². The molecule has 106 valence electrons. The Hall–Kier alpha value is -1.13. The highest BCUT2D eigenvalue weighted by atomic mass is 79.9. The number of aromatic nitrogens is 2. The van der Waals surface area contributed by atoms with Gasteiger partial charge in [-0.05, 0) is 31.0 Å². The van der Waals surface area contributed by atoms with Crippen molar-refractivity contribution in [3.05, 3.63) is 39.8 Å². The lowest BCUT2D eigenvalue weighted by molar-refractivity contribution is 0.637. The third kappa shape index (κ3) is 2.67. The summed E-state index contributed by atoms with van der Waals surface area (Å²) in [4.78, 5) is 8.29. The van der Waals surface area contributed by atoms with Gasteiger partial charge in [0.2, 0.25) is 0 Å². The normalized spacial score (nSPS) is 12.5. The Balaban J connectivity index is 1.67. The summed E-state index contributed by atoms with van der Waals surface area (Å²) >= 11 is 3.62. The summed E-state index contributed by atoms with van der Waals surface area (Å²) in [5.74, 6) is 1.13. The lowest BCUT2D eigenvalue weighted by Gasteiger charge is -2.02. The molecule has 0 unspecified atom stereocenters. The van der Waals surface area contributed by atoms with Gasteiger partial charge in [0.25, 0.3) is 0 Å². The molecule has 0 radical (unpaired) electrons. The summed E-state index contributed by atoms with van der Waals surface area (Å²) in [6, 6.07) is 6.35. The number of fused-ring (bicyclic) bond motifs is 3. The second kappa shape index (κ2) is 6.10. The van der Waals surface area contributed by atoms with Crippen molar-refractivity contribution in [2.45, 2.75) is 38.5 Å². The Kier molecular flexibility index (Phi) is 4.22. The molecule has 1 aromatic carbocycles. The minimum Gasteiger partial charge on any atom is -0.345 e. The number of unbranched alkanes of at least 4 members (excludes halogenated alkanes) is 3. The first-order chi connectivity index (χ1) is 9.79. The molecule has 3 rings (SSSR count). The number of aromatic amines is 1. The summed E-state index contributed by atoms with van der Waals surface area (Å²) in [6.45, 7) is 0.806. The van der Waals surface area contributed by atoms with Crippen molar-refractivity contribution >= 4 is 15.9 Å². The van der Waals surface area contributed by atoms with Gasteiger partial charge in [-0.2, -0.15) is 0 Å². The molecule has 3 nitrogen and oxygen atoms in total. The number of halogens is 1. The second-order valence-electron chi connectivity index (χ2n) is 5.41. The van der Waals surface area contributed by atoms with Crippen LogP contribution in [0.15, 0.2) is 22.7 Å². The van der Waals surface area contributed by atoms with Crippen LogP contribution in [0.3, 0.4) is 0 Å². The first kappa shape index (κ1) is 13.8. The molecule has 0 saturated carbocycles. The molecule has 0 aliphatic heterocycles. The fraction of sp³-hybridized carbons (Fsp3) is 0.438. The molecule has 20 heavy (non-hydrogen) atoms. The van der Waals surface area contributed by atoms with E-state index in [0.29, 0.717) is 0 Å². The lowest BCUT2D eigenvalue weighted by Crippen LogP contribution is -1.98.